The van der Waals surface area contributed by atoms with E-state index >= 15 is 0 Å². The van der Waals surface area contributed by atoms with E-state index in [9.17, 15) is 18.8 Å². The molecule has 0 saturated heterocycles. The van der Waals surface area contributed by atoms with Crippen LogP contribution >= 0.6 is 0 Å². The molecule has 0 unspecified atom stereocenters. The fraction of sp³-hybridized carbons (Fsp3) is 0.133. The van der Waals surface area contributed by atoms with Crippen LogP contribution in [0.3, 0.4) is 0 Å². The van der Waals surface area contributed by atoms with Crippen LogP contribution in [0.1, 0.15) is 23.2 Å². The van der Waals surface area contributed by atoms with Gasteiger partial charge in [-0.05, 0) is 6.08 Å². The third-order valence-corrected chi connectivity index (χ3v) is 2.96. The molecule has 102 valence electrons. The molecule has 20 heavy (non-hydrogen) atoms. The van der Waals surface area contributed by atoms with Crippen LogP contribution in [0.5, 0.6) is 0 Å². The van der Waals surface area contributed by atoms with Crippen molar-refractivity contribution < 1.29 is 23.9 Å². The van der Waals surface area contributed by atoms with Gasteiger partial charge in [-0.2, -0.15) is 0 Å². The van der Waals surface area contributed by atoms with Crippen LogP contribution < -0.4 is 0 Å². The highest BCUT2D eigenvalue weighted by Crippen LogP contribution is 2.25. The van der Waals surface area contributed by atoms with Gasteiger partial charge in [-0.3, -0.25) is 9.59 Å². The van der Waals surface area contributed by atoms with Crippen molar-refractivity contribution in [3.8, 4) is 0 Å². The molecule has 0 fully saturated rings. The lowest BCUT2D eigenvalue weighted by atomic mass is 9.90. The number of carbonyl (C=O) groups excluding carboxylic acids is 2. The van der Waals surface area contributed by atoms with Crippen LogP contribution in [0, 0.1) is 0 Å². The van der Waals surface area contributed by atoms with Gasteiger partial charge >= 0.3 is 5.97 Å². The molecule has 0 aliphatic heterocycles. The van der Waals surface area contributed by atoms with E-state index in [0.29, 0.717) is 5.56 Å². The summed E-state index contributed by atoms with van der Waals surface area (Å²) in [4.78, 5) is 34.8. The summed E-state index contributed by atoms with van der Waals surface area (Å²) >= 11 is 0. The SMILES string of the molecule is O=C(O)C1=C(CC(=O)c2ccccc2)C(=O)CC(F)=C1. The standard InChI is InChI=1S/C15H11FO4/c16-10-6-12(15(19)20)11(14(18)7-10)8-13(17)9-4-2-1-3-5-9/h1-6H,7-8H2,(H,19,20). The molecule has 0 aromatic heterocycles. The average Bonchev–Trinajstić information content (AvgIpc) is 2.42. The predicted octanol–water partition coefficient (Wildman–Crippen LogP) is 2.47. The van der Waals surface area contributed by atoms with Gasteiger partial charge < -0.3 is 5.11 Å². The van der Waals surface area contributed by atoms with Crippen molar-refractivity contribution in [2.45, 2.75) is 12.8 Å². The van der Waals surface area contributed by atoms with Gasteiger partial charge in [0.05, 0.1) is 12.0 Å². The van der Waals surface area contributed by atoms with Crippen LogP contribution in [0.4, 0.5) is 4.39 Å². The number of carbonyl (C=O) groups is 3. The average molecular weight is 274 g/mol. The minimum Gasteiger partial charge on any atom is -0.478 e. The molecule has 0 bridgehead atoms. The van der Waals surface area contributed by atoms with Crippen LogP contribution in [0.2, 0.25) is 0 Å². The Morgan fingerprint density at radius 1 is 1.20 bits per heavy atom. The molecular formula is C15H11FO4. The van der Waals surface area contributed by atoms with Crippen molar-refractivity contribution in [3.63, 3.8) is 0 Å². The van der Waals surface area contributed by atoms with Gasteiger partial charge in [0.2, 0.25) is 0 Å². The number of carboxylic acids is 1. The quantitative estimate of drug-likeness (QED) is 0.856. The molecule has 0 spiro atoms. The minimum absolute atomic E-state index is 0.146. The van der Waals surface area contributed by atoms with E-state index in [4.69, 9.17) is 5.11 Å². The summed E-state index contributed by atoms with van der Waals surface area (Å²) < 4.78 is 13.1. The van der Waals surface area contributed by atoms with E-state index in [1.165, 1.54) is 0 Å². The Morgan fingerprint density at radius 2 is 1.85 bits per heavy atom. The van der Waals surface area contributed by atoms with Crippen LogP contribution in [0.15, 0.2) is 53.4 Å². The van der Waals surface area contributed by atoms with E-state index in [1.54, 1.807) is 30.3 Å². The number of benzene rings is 1. The first kappa shape index (κ1) is 13.9. The maximum absolute atomic E-state index is 13.1. The summed E-state index contributed by atoms with van der Waals surface area (Å²) in [5.74, 6) is -3.25. The van der Waals surface area contributed by atoms with Crippen molar-refractivity contribution in [1.82, 2.24) is 0 Å². The van der Waals surface area contributed by atoms with Gasteiger partial charge in [0.25, 0.3) is 0 Å². The van der Waals surface area contributed by atoms with Crippen molar-refractivity contribution in [2.24, 2.45) is 0 Å². The van der Waals surface area contributed by atoms with E-state index in [2.05, 4.69) is 0 Å². The molecule has 0 radical (unpaired) electrons. The summed E-state index contributed by atoms with van der Waals surface area (Å²) in [7, 11) is 0. The summed E-state index contributed by atoms with van der Waals surface area (Å²) in [6.45, 7) is 0. The van der Waals surface area contributed by atoms with E-state index in [0.717, 1.165) is 6.08 Å². The molecule has 0 atom stereocenters. The number of hydrogen-bond acceptors (Lipinski definition) is 3. The molecule has 1 aliphatic rings. The maximum atomic E-state index is 13.1. The lowest BCUT2D eigenvalue weighted by molar-refractivity contribution is -0.132. The minimum atomic E-state index is -1.41. The molecule has 1 aliphatic carbocycles. The predicted molar refractivity (Wildman–Crippen MR) is 68.9 cm³/mol. The lowest BCUT2D eigenvalue weighted by Gasteiger charge is -2.13. The number of ketones is 2. The number of Topliss-reactive ketones (excluding diaryl/α,β-unsaturated/α-hetero) is 2. The molecule has 1 aromatic carbocycles. The molecule has 4 nitrogen and oxygen atoms in total. The largest absolute Gasteiger partial charge is 0.478 e. The van der Waals surface area contributed by atoms with Crippen LogP contribution in [-0.4, -0.2) is 22.6 Å². The zero-order valence-corrected chi connectivity index (χ0v) is 10.4. The second-order valence-electron chi connectivity index (χ2n) is 4.35. The Labute approximate surface area is 114 Å². The zero-order valence-electron chi connectivity index (χ0n) is 10.4. The molecule has 5 heteroatoms. The third-order valence-electron chi connectivity index (χ3n) is 2.96. The van der Waals surface area contributed by atoms with Gasteiger partial charge in [0.15, 0.2) is 11.6 Å². The first-order chi connectivity index (χ1) is 9.49. The molecular weight excluding hydrogens is 263 g/mol. The van der Waals surface area contributed by atoms with Crippen molar-refractivity contribution in [1.29, 1.82) is 0 Å². The van der Waals surface area contributed by atoms with Crippen molar-refractivity contribution >= 4 is 17.5 Å². The second-order valence-corrected chi connectivity index (χ2v) is 4.35. The lowest BCUT2D eigenvalue weighted by Crippen LogP contribution is -2.18. The fourth-order valence-corrected chi connectivity index (χ4v) is 1.98. The van der Waals surface area contributed by atoms with Crippen LogP contribution in [0.25, 0.3) is 0 Å². The molecule has 2 rings (SSSR count). The number of rotatable bonds is 4. The highest BCUT2D eigenvalue weighted by Gasteiger charge is 2.27. The molecule has 1 N–H and O–H groups in total. The summed E-state index contributed by atoms with van der Waals surface area (Å²) in [6.07, 6.45) is -0.0280. The highest BCUT2D eigenvalue weighted by atomic mass is 19.1. The number of carboxylic acid groups (broad SMARTS) is 1. The Hall–Kier alpha value is -2.56. The molecule has 0 saturated carbocycles. The Morgan fingerprint density at radius 3 is 2.45 bits per heavy atom. The van der Waals surface area contributed by atoms with Gasteiger partial charge in [-0.25, -0.2) is 9.18 Å². The molecule has 1 aromatic rings. The normalized spacial score (nSPS) is 15.1. The topological polar surface area (TPSA) is 71.4 Å². The smallest absolute Gasteiger partial charge is 0.336 e. The first-order valence-corrected chi connectivity index (χ1v) is 5.93. The van der Waals surface area contributed by atoms with Gasteiger partial charge in [0, 0.05) is 17.6 Å². The zero-order chi connectivity index (χ0) is 14.7. The van der Waals surface area contributed by atoms with Crippen LogP contribution in [-0.2, 0) is 9.59 Å². The third kappa shape index (κ3) is 2.88. The molecule has 0 amide bonds. The summed E-state index contributed by atoms with van der Waals surface area (Å²) in [5.41, 5.74) is -0.205. The van der Waals surface area contributed by atoms with E-state index < -0.39 is 29.6 Å². The Kier molecular flexibility index (Phi) is 3.89. The van der Waals surface area contributed by atoms with Gasteiger partial charge in [-0.1, -0.05) is 30.3 Å². The number of allylic oxidation sites excluding steroid dienone is 2. The monoisotopic (exact) mass is 274 g/mol. The number of halogens is 1. The van der Waals surface area contributed by atoms with Gasteiger partial charge in [-0.15, -0.1) is 0 Å². The van der Waals surface area contributed by atoms with E-state index in [1.807, 2.05) is 0 Å². The molecule has 0 heterocycles. The number of aliphatic carboxylic acids is 1. The van der Waals surface area contributed by atoms with E-state index in [-0.39, 0.29) is 17.8 Å². The number of hydrogen-bond donors (Lipinski definition) is 1. The Balaban J connectivity index is 2.34. The van der Waals surface area contributed by atoms with Crippen molar-refractivity contribution in [2.75, 3.05) is 0 Å². The summed E-state index contributed by atoms with van der Waals surface area (Å²) in [6, 6.07) is 8.23. The summed E-state index contributed by atoms with van der Waals surface area (Å²) in [5, 5.41) is 9.00. The first-order valence-electron chi connectivity index (χ1n) is 5.93. The highest BCUT2D eigenvalue weighted by molar-refractivity contribution is 6.12. The Bertz CT molecular complexity index is 641. The maximum Gasteiger partial charge on any atom is 0.336 e. The van der Waals surface area contributed by atoms with Gasteiger partial charge in [0.1, 0.15) is 5.83 Å². The second kappa shape index (κ2) is 5.61. The van der Waals surface area contributed by atoms with Crippen molar-refractivity contribution in [3.05, 3.63) is 58.9 Å². The fourth-order valence-electron chi connectivity index (χ4n) is 1.98.